The van der Waals surface area contributed by atoms with Crippen LogP contribution in [0.15, 0.2) is 35.3 Å². The zero-order chi connectivity index (χ0) is 12.5. The Labute approximate surface area is 114 Å². The third kappa shape index (κ3) is 2.47. The number of nitrogens with zero attached hydrogens (tertiary/aromatic N) is 3. The van der Waals surface area contributed by atoms with Crippen molar-refractivity contribution in [1.29, 1.82) is 0 Å². The predicted molar refractivity (Wildman–Crippen MR) is 71.1 cm³/mol. The molecule has 0 radical (unpaired) electrons. The Bertz CT molecular complexity index is 533. The van der Waals surface area contributed by atoms with Crippen LogP contribution in [0, 0.1) is 0 Å². The zero-order valence-corrected chi connectivity index (χ0v) is 11.4. The minimum atomic E-state index is -0.540. The van der Waals surface area contributed by atoms with Crippen molar-refractivity contribution in [2.24, 2.45) is 0 Å². The van der Waals surface area contributed by atoms with Crippen molar-refractivity contribution in [3.05, 3.63) is 46.7 Å². The van der Waals surface area contributed by atoms with Gasteiger partial charge in [0.15, 0.2) is 0 Å². The molecule has 0 aromatic carbocycles. The largest absolute Gasteiger partial charge is 0.386 e. The number of pyridine rings is 1. The Balaban J connectivity index is 1.75. The summed E-state index contributed by atoms with van der Waals surface area (Å²) in [5, 5.41) is 10.3. The molecule has 3 rings (SSSR count). The first-order valence-corrected chi connectivity index (χ1v) is 6.83. The fourth-order valence-electron chi connectivity index (χ4n) is 2.06. The second kappa shape index (κ2) is 4.82. The van der Waals surface area contributed by atoms with E-state index in [4.69, 9.17) is 0 Å². The maximum Gasteiger partial charge on any atom is 0.101 e. The number of hydrogen-bond donors (Lipinski definition) is 1. The van der Waals surface area contributed by atoms with Crippen molar-refractivity contribution >= 4 is 15.9 Å². The molecule has 2 heterocycles. The summed E-state index contributed by atoms with van der Waals surface area (Å²) in [6.45, 7) is 0. The van der Waals surface area contributed by atoms with Gasteiger partial charge in [-0.1, -0.05) is 0 Å². The van der Waals surface area contributed by atoms with Gasteiger partial charge in [0, 0.05) is 28.8 Å². The van der Waals surface area contributed by atoms with Crippen LogP contribution in [-0.2, 0) is 6.42 Å². The van der Waals surface area contributed by atoms with Crippen LogP contribution in [0.3, 0.4) is 0 Å². The van der Waals surface area contributed by atoms with Crippen molar-refractivity contribution in [2.45, 2.75) is 31.4 Å². The van der Waals surface area contributed by atoms with E-state index in [1.54, 1.807) is 12.4 Å². The van der Waals surface area contributed by atoms with Gasteiger partial charge in [-0.05, 0) is 40.9 Å². The van der Waals surface area contributed by atoms with E-state index >= 15 is 0 Å². The molecule has 1 N–H and O–H groups in total. The Hall–Kier alpha value is -1.20. The van der Waals surface area contributed by atoms with E-state index in [-0.39, 0.29) is 0 Å². The molecule has 5 heteroatoms. The van der Waals surface area contributed by atoms with Crippen LogP contribution >= 0.6 is 15.9 Å². The summed E-state index contributed by atoms with van der Waals surface area (Å²) < 4.78 is 3.03. The third-order valence-electron chi connectivity index (χ3n) is 3.17. The molecule has 4 nitrogen and oxygen atoms in total. The van der Waals surface area contributed by atoms with Crippen LogP contribution in [-0.4, -0.2) is 19.6 Å². The fraction of sp³-hybridized carbons (Fsp3) is 0.385. The molecular formula is C13H14BrN3O. The maximum atomic E-state index is 10.3. The Morgan fingerprint density at radius 1 is 1.39 bits per heavy atom. The van der Waals surface area contributed by atoms with Gasteiger partial charge in [0.2, 0.25) is 0 Å². The van der Waals surface area contributed by atoms with E-state index in [2.05, 4.69) is 30.5 Å². The topological polar surface area (TPSA) is 50.9 Å². The second-order valence-electron chi connectivity index (χ2n) is 4.64. The Morgan fingerprint density at radius 3 is 2.89 bits per heavy atom. The lowest BCUT2D eigenvalue weighted by molar-refractivity contribution is 0.167. The number of halogens is 1. The van der Waals surface area contributed by atoms with E-state index in [0.29, 0.717) is 12.5 Å². The van der Waals surface area contributed by atoms with Crippen LogP contribution < -0.4 is 0 Å². The molecule has 0 bridgehead atoms. The van der Waals surface area contributed by atoms with Crippen molar-refractivity contribution in [3.8, 4) is 0 Å². The molecule has 0 saturated heterocycles. The van der Waals surface area contributed by atoms with Crippen LogP contribution in [0.25, 0.3) is 0 Å². The molecule has 1 aliphatic carbocycles. The van der Waals surface area contributed by atoms with Crippen molar-refractivity contribution in [2.75, 3.05) is 0 Å². The van der Waals surface area contributed by atoms with Crippen LogP contribution in [0.4, 0.5) is 0 Å². The summed E-state index contributed by atoms with van der Waals surface area (Å²) in [6, 6.07) is 4.40. The smallest absolute Gasteiger partial charge is 0.101 e. The standard InChI is InChI=1S/C13H14BrN3O/c14-9-1-2-10(16-6-9)5-13(18)12-7-15-8-17(12)11-3-4-11/h1-2,6-8,11,13,18H,3-5H2. The van der Waals surface area contributed by atoms with Crippen LogP contribution in [0.5, 0.6) is 0 Å². The highest BCUT2D eigenvalue weighted by atomic mass is 79.9. The quantitative estimate of drug-likeness (QED) is 0.944. The van der Waals surface area contributed by atoms with E-state index in [0.717, 1.165) is 15.9 Å². The van der Waals surface area contributed by atoms with Gasteiger partial charge >= 0.3 is 0 Å². The highest BCUT2D eigenvalue weighted by Crippen LogP contribution is 2.37. The summed E-state index contributed by atoms with van der Waals surface area (Å²) in [4.78, 5) is 8.42. The number of imidazole rings is 1. The number of rotatable bonds is 4. The third-order valence-corrected chi connectivity index (χ3v) is 3.64. The normalized spacial score (nSPS) is 16.8. The van der Waals surface area contributed by atoms with Gasteiger partial charge in [-0.15, -0.1) is 0 Å². The molecule has 0 aliphatic heterocycles. The number of aliphatic hydroxyl groups excluding tert-OH is 1. The SMILES string of the molecule is OC(Cc1ccc(Br)cn1)c1cncn1C1CC1. The first-order valence-electron chi connectivity index (χ1n) is 6.04. The van der Waals surface area contributed by atoms with E-state index in [1.165, 1.54) is 12.8 Å². The van der Waals surface area contributed by atoms with Gasteiger partial charge in [-0.2, -0.15) is 0 Å². The van der Waals surface area contributed by atoms with Gasteiger partial charge < -0.3 is 9.67 Å². The average Bonchev–Trinajstić information content (AvgIpc) is 3.09. The van der Waals surface area contributed by atoms with Crippen LogP contribution in [0.1, 0.15) is 36.4 Å². The Kier molecular flexibility index (Phi) is 3.18. The first kappa shape index (κ1) is 11.9. The van der Waals surface area contributed by atoms with Crippen molar-refractivity contribution in [3.63, 3.8) is 0 Å². The summed E-state index contributed by atoms with van der Waals surface area (Å²) in [6.07, 6.45) is 7.67. The molecule has 2 aromatic heterocycles. The summed E-state index contributed by atoms with van der Waals surface area (Å²) in [5.74, 6) is 0. The molecule has 1 atom stereocenters. The lowest BCUT2D eigenvalue weighted by atomic mass is 10.1. The molecule has 0 spiro atoms. The number of hydrogen-bond acceptors (Lipinski definition) is 3. The van der Waals surface area contributed by atoms with Gasteiger partial charge in [0.25, 0.3) is 0 Å². The maximum absolute atomic E-state index is 10.3. The average molecular weight is 308 g/mol. The van der Waals surface area contributed by atoms with Gasteiger partial charge in [-0.25, -0.2) is 4.98 Å². The summed E-state index contributed by atoms with van der Waals surface area (Å²) in [5.41, 5.74) is 1.77. The number of aliphatic hydroxyl groups is 1. The van der Waals surface area contributed by atoms with Gasteiger partial charge in [0.1, 0.15) is 6.10 Å². The minimum absolute atomic E-state index is 0.520. The first-order chi connectivity index (χ1) is 8.74. The zero-order valence-electron chi connectivity index (χ0n) is 9.83. The second-order valence-corrected chi connectivity index (χ2v) is 5.56. The molecule has 1 fully saturated rings. The summed E-state index contributed by atoms with van der Waals surface area (Å²) >= 11 is 3.35. The molecule has 1 unspecified atom stereocenters. The Morgan fingerprint density at radius 2 is 2.22 bits per heavy atom. The lowest BCUT2D eigenvalue weighted by Crippen LogP contribution is -2.09. The van der Waals surface area contributed by atoms with E-state index in [1.807, 2.05) is 18.5 Å². The minimum Gasteiger partial charge on any atom is -0.386 e. The van der Waals surface area contributed by atoms with E-state index in [9.17, 15) is 5.11 Å². The molecular weight excluding hydrogens is 294 g/mol. The molecule has 1 aliphatic rings. The van der Waals surface area contributed by atoms with Gasteiger partial charge in [-0.3, -0.25) is 4.98 Å². The van der Waals surface area contributed by atoms with Crippen molar-refractivity contribution in [1.82, 2.24) is 14.5 Å². The fourth-order valence-corrected chi connectivity index (χ4v) is 2.30. The number of aromatic nitrogens is 3. The summed E-state index contributed by atoms with van der Waals surface area (Å²) in [7, 11) is 0. The van der Waals surface area contributed by atoms with E-state index < -0.39 is 6.10 Å². The lowest BCUT2D eigenvalue weighted by Gasteiger charge is -2.13. The highest BCUT2D eigenvalue weighted by molar-refractivity contribution is 9.10. The molecule has 1 saturated carbocycles. The van der Waals surface area contributed by atoms with Crippen molar-refractivity contribution < 1.29 is 5.11 Å². The predicted octanol–water partition coefficient (Wildman–Crippen LogP) is 2.65. The van der Waals surface area contributed by atoms with Crippen LogP contribution in [0.2, 0.25) is 0 Å². The molecule has 2 aromatic rings. The monoisotopic (exact) mass is 307 g/mol. The highest BCUT2D eigenvalue weighted by Gasteiger charge is 2.27. The molecule has 94 valence electrons. The van der Waals surface area contributed by atoms with Gasteiger partial charge in [0.05, 0.1) is 18.2 Å². The molecule has 18 heavy (non-hydrogen) atoms. The molecule has 0 amide bonds.